The molecule has 6 nitrogen and oxygen atoms in total. The maximum Gasteiger partial charge on any atom is 0.311 e. The lowest BCUT2D eigenvalue weighted by Gasteiger charge is -2.19. The first-order chi connectivity index (χ1) is 12.7. The van der Waals surface area contributed by atoms with Gasteiger partial charge in [0.05, 0.1) is 19.2 Å². The van der Waals surface area contributed by atoms with Crippen molar-refractivity contribution in [2.24, 2.45) is 0 Å². The summed E-state index contributed by atoms with van der Waals surface area (Å²) in [6.45, 7) is 9.49. The quantitative estimate of drug-likeness (QED) is 0.654. The van der Waals surface area contributed by atoms with Gasteiger partial charge in [0.25, 0.3) is 0 Å². The monoisotopic (exact) mass is 367 g/mol. The van der Waals surface area contributed by atoms with Crippen molar-refractivity contribution in [2.45, 2.75) is 46.6 Å². The molecular weight excluding hydrogens is 342 g/mol. The molecule has 0 aliphatic rings. The van der Waals surface area contributed by atoms with Gasteiger partial charge in [-0.15, -0.1) is 0 Å². The molecule has 0 bridgehead atoms. The Balaban J connectivity index is 2.13. The Labute approximate surface area is 159 Å². The molecule has 0 unspecified atom stereocenters. The van der Waals surface area contributed by atoms with Crippen LogP contribution in [0.5, 0.6) is 5.75 Å². The van der Waals surface area contributed by atoms with Crippen LogP contribution in [0.1, 0.15) is 37.7 Å². The highest BCUT2D eigenvalue weighted by molar-refractivity contribution is 5.81. The molecule has 0 radical (unpaired) electrons. The van der Waals surface area contributed by atoms with Gasteiger partial charge >= 0.3 is 5.97 Å². The van der Waals surface area contributed by atoms with E-state index in [1.807, 2.05) is 65.0 Å². The second kappa shape index (κ2) is 7.02. The minimum atomic E-state index is -0.542. The number of methoxy groups -OCH3 is 1. The Morgan fingerprint density at radius 1 is 1.15 bits per heavy atom. The van der Waals surface area contributed by atoms with Crippen molar-refractivity contribution in [1.29, 1.82) is 0 Å². The maximum absolute atomic E-state index is 12.5. The summed E-state index contributed by atoms with van der Waals surface area (Å²) in [7, 11) is 1.63. The van der Waals surface area contributed by atoms with Gasteiger partial charge in [-0.25, -0.2) is 9.50 Å². The van der Waals surface area contributed by atoms with Crippen LogP contribution in [0, 0.1) is 13.8 Å². The van der Waals surface area contributed by atoms with Gasteiger partial charge in [-0.2, -0.15) is 5.10 Å². The summed E-state index contributed by atoms with van der Waals surface area (Å²) in [5.74, 6) is 0.467. The minimum Gasteiger partial charge on any atom is -0.497 e. The van der Waals surface area contributed by atoms with Gasteiger partial charge in [-0.3, -0.25) is 4.79 Å². The number of carbonyl (C=O) groups excluding carboxylic acids is 1. The summed E-state index contributed by atoms with van der Waals surface area (Å²) in [6, 6.07) is 9.59. The number of fused-ring (bicyclic) bond motifs is 1. The minimum absolute atomic E-state index is 0.109. The SMILES string of the molecule is COc1ccc(-c2nn3c(C)cc(C)nc3c2CC(=O)OC(C)(C)C)cc1. The molecule has 0 aliphatic carbocycles. The molecule has 2 aromatic heterocycles. The summed E-state index contributed by atoms with van der Waals surface area (Å²) >= 11 is 0. The van der Waals surface area contributed by atoms with Gasteiger partial charge in [0, 0.05) is 22.5 Å². The van der Waals surface area contributed by atoms with Crippen LogP contribution in [0.2, 0.25) is 0 Å². The van der Waals surface area contributed by atoms with Crippen molar-refractivity contribution in [3.8, 4) is 17.0 Å². The van der Waals surface area contributed by atoms with E-state index in [9.17, 15) is 4.79 Å². The molecule has 0 N–H and O–H groups in total. The third-order valence-electron chi connectivity index (χ3n) is 4.10. The Bertz CT molecular complexity index is 983. The Morgan fingerprint density at radius 2 is 1.81 bits per heavy atom. The fourth-order valence-corrected chi connectivity index (χ4v) is 3.03. The number of aryl methyl sites for hydroxylation is 2. The third-order valence-corrected chi connectivity index (χ3v) is 4.10. The molecule has 0 amide bonds. The first-order valence-corrected chi connectivity index (χ1v) is 8.90. The number of aromatic nitrogens is 3. The van der Waals surface area contributed by atoms with E-state index in [-0.39, 0.29) is 12.4 Å². The zero-order valence-electron chi connectivity index (χ0n) is 16.7. The van der Waals surface area contributed by atoms with Crippen LogP contribution >= 0.6 is 0 Å². The molecule has 6 heteroatoms. The van der Waals surface area contributed by atoms with Crippen molar-refractivity contribution in [3.63, 3.8) is 0 Å². The van der Waals surface area contributed by atoms with Crippen LogP contribution < -0.4 is 4.74 Å². The molecule has 3 rings (SSSR count). The largest absolute Gasteiger partial charge is 0.497 e. The smallest absolute Gasteiger partial charge is 0.311 e. The van der Waals surface area contributed by atoms with Crippen molar-refractivity contribution >= 4 is 11.6 Å². The molecule has 27 heavy (non-hydrogen) atoms. The second-order valence-corrected chi connectivity index (χ2v) is 7.59. The van der Waals surface area contributed by atoms with Crippen LogP contribution in [0.25, 0.3) is 16.9 Å². The van der Waals surface area contributed by atoms with Crippen LogP contribution in [0.3, 0.4) is 0 Å². The fraction of sp³-hybridized carbons (Fsp3) is 0.381. The number of hydrogen-bond donors (Lipinski definition) is 0. The average molecular weight is 367 g/mol. The molecule has 142 valence electrons. The molecule has 0 aliphatic heterocycles. The molecule has 0 fully saturated rings. The molecule has 0 saturated heterocycles. The van der Waals surface area contributed by atoms with E-state index in [2.05, 4.69) is 4.98 Å². The van der Waals surface area contributed by atoms with Gasteiger partial charge in [-0.1, -0.05) is 0 Å². The van der Waals surface area contributed by atoms with E-state index in [0.717, 1.165) is 34.0 Å². The standard InChI is InChI=1S/C21H25N3O3/c1-13-11-14(2)24-20(22-13)17(12-18(25)27-21(3,4)5)19(23-24)15-7-9-16(26-6)10-8-15/h7-11H,12H2,1-6H3. The second-order valence-electron chi connectivity index (χ2n) is 7.59. The predicted octanol–water partition coefficient (Wildman–Crippen LogP) is 3.91. The topological polar surface area (TPSA) is 65.7 Å². The highest BCUT2D eigenvalue weighted by atomic mass is 16.6. The predicted molar refractivity (Wildman–Crippen MR) is 104 cm³/mol. The van der Waals surface area contributed by atoms with Crippen molar-refractivity contribution in [3.05, 3.63) is 47.3 Å². The number of nitrogens with zero attached hydrogens (tertiary/aromatic N) is 3. The van der Waals surface area contributed by atoms with Gasteiger partial charge < -0.3 is 9.47 Å². The van der Waals surface area contributed by atoms with E-state index in [4.69, 9.17) is 14.6 Å². The lowest BCUT2D eigenvalue weighted by atomic mass is 10.0. The summed E-state index contributed by atoms with van der Waals surface area (Å²) in [4.78, 5) is 17.2. The lowest BCUT2D eigenvalue weighted by molar-refractivity contribution is -0.153. The average Bonchev–Trinajstić information content (AvgIpc) is 2.92. The first-order valence-electron chi connectivity index (χ1n) is 8.90. The molecule has 0 atom stereocenters. The highest BCUT2D eigenvalue weighted by Gasteiger charge is 2.23. The molecular formula is C21H25N3O3. The van der Waals surface area contributed by atoms with E-state index in [1.54, 1.807) is 11.6 Å². The number of benzene rings is 1. The van der Waals surface area contributed by atoms with E-state index in [1.165, 1.54) is 0 Å². The van der Waals surface area contributed by atoms with Gasteiger partial charge in [0.15, 0.2) is 5.65 Å². The molecule has 2 heterocycles. The fourth-order valence-electron chi connectivity index (χ4n) is 3.03. The van der Waals surface area contributed by atoms with Gasteiger partial charge in [0.2, 0.25) is 0 Å². The van der Waals surface area contributed by atoms with E-state index in [0.29, 0.717) is 5.65 Å². The van der Waals surface area contributed by atoms with Gasteiger partial charge in [-0.05, 0) is 65.0 Å². The number of rotatable bonds is 4. The maximum atomic E-state index is 12.5. The first kappa shape index (κ1) is 18.9. The number of esters is 1. The lowest BCUT2D eigenvalue weighted by Crippen LogP contribution is -2.25. The Morgan fingerprint density at radius 3 is 2.41 bits per heavy atom. The zero-order valence-corrected chi connectivity index (χ0v) is 16.7. The Kier molecular flexibility index (Phi) is 4.91. The van der Waals surface area contributed by atoms with Crippen LogP contribution in [0.4, 0.5) is 0 Å². The number of carbonyl (C=O) groups is 1. The highest BCUT2D eigenvalue weighted by Crippen LogP contribution is 2.29. The van der Waals surface area contributed by atoms with Crippen LogP contribution in [0.15, 0.2) is 30.3 Å². The number of hydrogen-bond acceptors (Lipinski definition) is 5. The zero-order chi connectivity index (χ0) is 19.8. The van der Waals surface area contributed by atoms with Crippen molar-refractivity contribution in [1.82, 2.24) is 14.6 Å². The summed E-state index contributed by atoms with van der Waals surface area (Å²) < 4.78 is 12.5. The summed E-state index contributed by atoms with van der Waals surface area (Å²) in [6.07, 6.45) is 0.109. The van der Waals surface area contributed by atoms with E-state index < -0.39 is 5.60 Å². The number of ether oxygens (including phenoxy) is 2. The molecule has 1 aromatic carbocycles. The normalized spacial score (nSPS) is 11.6. The Hall–Kier alpha value is -2.89. The summed E-state index contributed by atoms with van der Waals surface area (Å²) in [5.41, 5.74) is 4.38. The van der Waals surface area contributed by atoms with E-state index >= 15 is 0 Å². The molecule has 0 spiro atoms. The summed E-state index contributed by atoms with van der Waals surface area (Å²) in [5, 5.41) is 4.73. The molecule has 3 aromatic rings. The van der Waals surface area contributed by atoms with Crippen LogP contribution in [-0.2, 0) is 16.0 Å². The molecule has 0 saturated carbocycles. The van der Waals surface area contributed by atoms with Crippen molar-refractivity contribution in [2.75, 3.05) is 7.11 Å². The third kappa shape index (κ3) is 4.10. The van der Waals surface area contributed by atoms with Crippen LogP contribution in [-0.4, -0.2) is 33.3 Å². The van der Waals surface area contributed by atoms with Crippen molar-refractivity contribution < 1.29 is 14.3 Å². The van der Waals surface area contributed by atoms with Gasteiger partial charge in [0.1, 0.15) is 11.4 Å².